The molecule has 0 aromatic carbocycles. The Labute approximate surface area is 152 Å². The molecule has 0 atom stereocenters. The summed E-state index contributed by atoms with van der Waals surface area (Å²) in [6.45, 7) is 5.30. The van der Waals surface area contributed by atoms with Crippen LogP contribution < -0.4 is 11.0 Å². The van der Waals surface area contributed by atoms with Gasteiger partial charge in [0.2, 0.25) is 0 Å². The summed E-state index contributed by atoms with van der Waals surface area (Å²) in [5.74, 6) is 1.55. The summed E-state index contributed by atoms with van der Waals surface area (Å²) >= 11 is 1.56. The maximum atomic E-state index is 12.4. The Morgan fingerprint density at radius 2 is 2.09 bits per heavy atom. The summed E-state index contributed by atoms with van der Waals surface area (Å²) < 4.78 is 3.36. The molecular formula is C14H23Cl2N5OS. The van der Waals surface area contributed by atoms with Gasteiger partial charge >= 0.3 is 5.69 Å². The number of hydrogen-bond donors (Lipinski definition) is 1. The fourth-order valence-corrected chi connectivity index (χ4v) is 3.46. The number of halogens is 2. The van der Waals surface area contributed by atoms with Crippen molar-refractivity contribution in [1.82, 2.24) is 24.6 Å². The highest BCUT2D eigenvalue weighted by Crippen LogP contribution is 2.16. The van der Waals surface area contributed by atoms with Crippen molar-refractivity contribution in [3.05, 3.63) is 32.9 Å². The number of piperidine rings is 1. The zero-order valence-electron chi connectivity index (χ0n) is 13.1. The highest BCUT2D eigenvalue weighted by Gasteiger charge is 2.19. The van der Waals surface area contributed by atoms with Gasteiger partial charge in [-0.1, -0.05) is 0 Å². The smallest absolute Gasteiger partial charge is 0.317 e. The van der Waals surface area contributed by atoms with E-state index in [1.54, 1.807) is 26.8 Å². The topological polar surface area (TPSA) is 64.7 Å². The minimum absolute atomic E-state index is 0. The fourth-order valence-electron chi connectivity index (χ4n) is 2.86. The molecule has 3 heterocycles. The van der Waals surface area contributed by atoms with E-state index in [2.05, 4.69) is 15.4 Å². The van der Waals surface area contributed by atoms with Gasteiger partial charge in [-0.15, -0.1) is 36.2 Å². The van der Waals surface area contributed by atoms with Crippen LogP contribution in [0.2, 0.25) is 0 Å². The van der Waals surface area contributed by atoms with Gasteiger partial charge in [-0.05, 0) is 38.8 Å². The van der Waals surface area contributed by atoms with E-state index in [4.69, 9.17) is 0 Å². The number of hydrogen-bond acceptors (Lipinski definition) is 5. The first-order valence-electron chi connectivity index (χ1n) is 7.53. The Morgan fingerprint density at radius 1 is 1.35 bits per heavy atom. The number of aromatic nitrogens is 4. The van der Waals surface area contributed by atoms with Crippen LogP contribution in [0.3, 0.4) is 0 Å². The molecule has 130 valence electrons. The third-order valence-electron chi connectivity index (χ3n) is 4.01. The van der Waals surface area contributed by atoms with E-state index in [9.17, 15) is 4.79 Å². The zero-order valence-corrected chi connectivity index (χ0v) is 15.6. The number of thiazole rings is 1. The molecule has 0 bridgehead atoms. The van der Waals surface area contributed by atoms with Crippen molar-refractivity contribution < 1.29 is 0 Å². The maximum absolute atomic E-state index is 12.4. The molecule has 2 aromatic rings. The van der Waals surface area contributed by atoms with Crippen LogP contribution in [0.1, 0.15) is 30.6 Å². The lowest BCUT2D eigenvalue weighted by Gasteiger charge is -2.21. The third-order valence-corrected chi connectivity index (χ3v) is 4.78. The standard InChI is InChI=1S/C14H21N5OS.2ClH/c1-2-18-12(9-11-3-5-15-6-4-11)17-19(14(18)20)10-13-16-7-8-21-13;;/h7-8,11,15H,2-6,9-10H2,1H3;2*1H. The summed E-state index contributed by atoms with van der Waals surface area (Å²) in [4.78, 5) is 16.7. The summed E-state index contributed by atoms with van der Waals surface area (Å²) in [6.07, 6.45) is 4.99. The Morgan fingerprint density at radius 3 is 2.70 bits per heavy atom. The first-order valence-corrected chi connectivity index (χ1v) is 8.41. The Bertz CT molecular complexity index is 634. The SMILES string of the molecule is CCn1c(CC2CCNCC2)nn(Cc2nccs2)c1=O.Cl.Cl. The van der Waals surface area contributed by atoms with E-state index < -0.39 is 0 Å². The van der Waals surface area contributed by atoms with Crippen LogP contribution in [-0.2, 0) is 19.5 Å². The van der Waals surface area contributed by atoms with Gasteiger partial charge in [0.25, 0.3) is 0 Å². The first kappa shape index (κ1) is 20.2. The summed E-state index contributed by atoms with van der Waals surface area (Å²) in [5, 5.41) is 10.8. The van der Waals surface area contributed by atoms with Crippen molar-refractivity contribution in [2.75, 3.05) is 13.1 Å². The normalized spacial score (nSPS) is 15.0. The van der Waals surface area contributed by atoms with Crippen molar-refractivity contribution >= 4 is 36.2 Å². The second kappa shape index (κ2) is 9.42. The summed E-state index contributed by atoms with van der Waals surface area (Å²) in [5.41, 5.74) is -0.0170. The highest BCUT2D eigenvalue weighted by molar-refractivity contribution is 7.09. The quantitative estimate of drug-likeness (QED) is 0.861. The van der Waals surface area contributed by atoms with Gasteiger partial charge in [0, 0.05) is 24.5 Å². The summed E-state index contributed by atoms with van der Waals surface area (Å²) in [6, 6.07) is 0. The van der Waals surface area contributed by atoms with E-state index in [0.29, 0.717) is 19.0 Å². The molecule has 23 heavy (non-hydrogen) atoms. The third kappa shape index (κ3) is 4.79. The van der Waals surface area contributed by atoms with Crippen molar-refractivity contribution in [3.8, 4) is 0 Å². The number of nitrogens with one attached hydrogen (secondary N) is 1. The van der Waals surface area contributed by atoms with Gasteiger partial charge in [-0.2, -0.15) is 5.10 Å². The molecule has 1 aliphatic heterocycles. The van der Waals surface area contributed by atoms with Crippen molar-refractivity contribution in [2.45, 2.75) is 39.3 Å². The molecule has 2 aromatic heterocycles. The van der Waals surface area contributed by atoms with Gasteiger partial charge in [-0.25, -0.2) is 14.5 Å². The van der Waals surface area contributed by atoms with Gasteiger partial charge in [-0.3, -0.25) is 4.57 Å². The molecule has 0 amide bonds. The monoisotopic (exact) mass is 379 g/mol. The van der Waals surface area contributed by atoms with Gasteiger partial charge < -0.3 is 5.32 Å². The second-order valence-electron chi connectivity index (χ2n) is 5.42. The second-order valence-corrected chi connectivity index (χ2v) is 6.40. The first-order chi connectivity index (χ1) is 10.3. The van der Waals surface area contributed by atoms with Crippen LogP contribution in [0.15, 0.2) is 16.4 Å². The van der Waals surface area contributed by atoms with Crippen molar-refractivity contribution in [2.24, 2.45) is 5.92 Å². The number of nitrogens with zero attached hydrogens (tertiary/aromatic N) is 4. The summed E-state index contributed by atoms with van der Waals surface area (Å²) in [7, 11) is 0. The van der Waals surface area contributed by atoms with Crippen LogP contribution in [-0.4, -0.2) is 32.4 Å². The Kier molecular flexibility index (Phi) is 8.25. The largest absolute Gasteiger partial charge is 0.346 e. The van der Waals surface area contributed by atoms with E-state index in [1.807, 2.05) is 12.3 Å². The molecule has 1 saturated heterocycles. The van der Waals surface area contributed by atoms with Crippen molar-refractivity contribution in [1.29, 1.82) is 0 Å². The number of rotatable bonds is 5. The van der Waals surface area contributed by atoms with Crippen LogP contribution in [0.5, 0.6) is 0 Å². The molecule has 1 fully saturated rings. The molecule has 6 nitrogen and oxygen atoms in total. The Hall–Kier alpha value is -0.890. The van der Waals surface area contributed by atoms with E-state index >= 15 is 0 Å². The molecular weight excluding hydrogens is 357 g/mol. The minimum atomic E-state index is -0.0170. The molecule has 0 saturated carbocycles. The van der Waals surface area contributed by atoms with E-state index in [-0.39, 0.29) is 30.5 Å². The molecule has 0 aliphatic carbocycles. The van der Waals surface area contributed by atoms with Crippen LogP contribution in [0.4, 0.5) is 0 Å². The molecule has 3 rings (SSSR count). The predicted molar refractivity (Wildman–Crippen MR) is 97.2 cm³/mol. The predicted octanol–water partition coefficient (Wildman–Crippen LogP) is 1.96. The zero-order chi connectivity index (χ0) is 14.7. The van der Waals surface area contributed by atoms with Crippen LogP contribution in [0.25, 0.3) is 0 Å². The highest BCUT2D eigenvalue weighted by atomic mass is 35.5. The fraction of sp³-hybridized carbons (Fsp3) is 0.643. The van der Waals surface area contributed by atoms with Gasteiger partial charge in [0.05, 0.1) is 6.54 Å². The lowest BCUT2D eigenvalue weighted by molar-refractivity contribution is 0.362. The molecule has 0 spiro atoms. The molecule has 9 heteroatoms. The molecule has 1 aliphatic rings. The minimum Gasteiger partial charge on any atom is -0.317 e. The van der Waals surface area contributed by atoms with Gasteiger partial charge in [0.1, 0.15) is 10.8 Å². The van der Waals surface area contributed by atoms with E-state index in [0.717, 1.165) is 43.2 Å². The van der Waals surface area contributed by atoms with Gasteiger partial charge in [0.15, 0.2) is 0 Å². The Balaban J connectivity index is 0.00000132. The average Bonchev–Trinajstić information content (AvgIpc) is 3.10. The average molecular weight is 380 g/mol. The van der Waals surface area contributed by atoms with Crippen molar-refractivity contribution in [3.63, 3.8) is 0 Å². The molecule has 1 N–H and O–H groups in total. The van der Waals surface area contributed by atoms with E-state index in [1.165, 1.54) is 0 Å². The maximum Gasteiger partial charge on any atom is 0.346 e. The lowest BCUT2D eigenvalue weighted by atomic mass is 9.94. The molecule has 0 unspecified atom stereocenters. The molecule has 0 radical (unpaired) electrons. The van der Waals surface area contributed by atoms with Crippen LogP contribution >= 0.6 is 36.2 Å². The lowest BCUT2D eigenvalue weighted by Crippen LogP contribution is -2.30. The van der Waals surface area contributed by atoms with Crippen LogP contribution in [0, 0.1) is 5.92 Å².